The molecule has 0 saturated carbocycles. The van der Waals surface area contributed by atoms with Crippen LogP contribution in [0.1, 0.15) is 11.6 Å². The average Bonchev–Trinajstić information content (AvgIpc) is 3.16. The summed E-state index contributed by atoms with van der Waals surface area (Å²) in [5.41, 5.74) is 2.63. The van der Waals surface area contributed by atoms with Gasteiger partial charge in [0.25, 0.3) is 0 Å². The highest BCUT2D eigenvalue weighted by atomic mass is 16.5. The molecule has 4 rings (SSSR count). The predicted octanol–water partition coefficient (Wildman–Crippen LogP) is 4.65. The first kappa shape index (κ1) is 16.8. The molecule has 0 amide bonds. The van der Waals surface area contributed by atoms with Crippen LogP contribution < -0.4 is 9.64 Å². The number of rotatable bonds is 6. The van der Waals surface area contributed by atoms with Crippen LogP contribution in [-0.4, -0.2) is 23.6 Å². The number of aromatic nitrogens is 2. The fourth-order valence-electron chi connectivity index (χ4n) is 3.25. The van der Waals surface area contributed by atoms with E-state index in [9.17, 15) is 4.79 Å². The van der Waals surface area contributed by atoms with Crippen molar-refractivity contribution < 1.29 is 9.53 Å². The molecule has 5 heteroatoms. The number of nitrogens with one attached hydrogen (secondary N) is 1. The summed E-state index contributed by atoms with van der Waals surface area (Å²) in [6.07, 6.45) is 0.943. The molecule has 0 saturated heterocycles. The first-order valence-corrected chi connectivity index (χ1v) is 8.68. The summed E-state index contributed by atoms with van der Waals surface area (Å²) >= 11 is 0. The number of carbonyl (C=O) groups excluding carboxylic acids is 1. The van der Waals surface area contributed by atoms with E-state index in [1.165, 1.54) is 0 Å². The van der Waals surface area contributed by atoms with Gasteiger partial charge in [0.2, 0.25) is 0 Å². The zero-order valence-corrected chi connectivity index (χ0v) is 14.9. The third-order valence-electron chi connectivity index (χ3n) is 4.56. The lowest BCUT2D eigenvalue weighted by molar-refractivity contribution is -0.108. The molecule has 1 N–H and O–H groups in total. The third-order valence-corrected chi connectivity index (χ3v) is 4.56. The van der Waals surface area contributed by atoms with E-state index in [1.54, 1.807) is 7.11 Å². The quantitative estimate of drug-likeness (QED) is 0.510. The minimum atomic E-state index is -0.523. The highest BCUT2D eigenvalue weighted by Crippen LogP contribution is 2.38. The van der Waals surface area contributed by atoms with Gasteiger partial charge in [-0.25, -0.2) is 0 Å². The summed E-state index contributed by atoms with van der Waals surface area (Å²) in [6, 6.07) is 24.7. The van der Waals surface area contributed by atoms with E-state index in [2.05, 4.69) is 10.2 Å². The molecule has 134 valence electrons. The van der Waals surface area contributed by atoms with Crippen molar-refractivity contribution in [2.24, 2.45) is 0 Å². The van der Waals surface area contributed by atoms with E-state index >= 15 is 0 Å². The molecule has 0 bridgehead atoms. The maximum Gasteiger partial charge on any atom is 0.163 e. The van der Waals surface area contributed by atoms with Crippen LogP contribution >= 0.6 is 0 Å². The Kier molecular flexibility index (Phi) is 4.58. The number of H-pyrrole nitrogens is 1. The van der Waals surface area contributed by atoms with E-state index in [1.807, 2.05) is 83.8 Å². The van der Waals surface area contributed by atoms with Gasteiger partial charge in [-0.1, -0.05) is 48.5 Å². The van der Waals surface area contributed by atoms with Gasteiger partial charge in [0.1, 0.15) is 18.1 Å². The molecule has 0 radical (unpaired) electrons. The number of hydrogen-bond acceptors (Lipinski definition) is 4. The first-order valence-electron chi connectivity index (χ1n) is 8.68. The minimum absolute atomic E-state index is 0.523. The number of hydrogen-bond donors (Lipinski definition) is 1. The Morgan fingerprint density at radius 1 is 1.00 bits per heavy atom. The number of nitrogens with zero attached hydrogens (tertiary/aromatic N) is 2. The molecule has 1 unspecified atom stereocenters. The van der Waals surface area contributed by atoms with Crippen LogP contribution in [0.5, 0.6) is 5.75 Å². The van der Waals surface area contributed by atoms with Gasteiger partial charge in [-0.15, -0.1) is 0 Å². The second-order valence-electron chi connectivity index (χ2n) is 6.16. The highest BCUT2D eigenvalue weighted by molar-refractivity contribution is 5.94. The fourth-order valence-corrected chi connectivity index (χ4v) is 3.25. The van der Waals surface area contributed by atoms with E-state index in [0.717, 1.165) is 34.2 Å². The lowest BCUT2D eigenvalue weighted by Crippen LogP contribution is -2.25. The number of benzene rings is 3. The third kappa shape index (κ3) is 3.15. The van der Waals surface area contributed by atoms with Crippen molar-refractivity contribution >= 4 is 28.7 Å². The Balaban J connectivity index is 1.93. The molecule has 1 aromatic heterocycles. The smallest absolute Gasteiger partial charge is 0.163 e. The summed E-state index contributed by atoms with van der Waals surface area (Å²) < 4.78 is 5.39. The number of carbonyl (C=O) groups is 1. The SMILES string of the molecule is COc1cccc(N(c2n[nH]c3ccccc23)C(C=O)c2ccccc2)c1. The van der Waals surface area contributed by atoms with Gasteiger partial charge in [-0.3, -0.25) is 5.10 Å². The summed E-state index contributed by atoms with van der Waals surface area (Å²) in [6.45, 7) is 0. The van der Waals surface area contributed by atoms with Crippen LogP contribution in [0.2, 0.25) is 0 Å². The van der Waals surface area contributed by atoms with Gasteiger partial charge >= 0.3 is 0 Å². The number of fused-ring (bicyclic) bond motifs is 1. The number of aromatic amines is 1. The average molecular weight is 357 g/mol. The Hall–Kier alpha value is -3.60. The zero-order chi connectivity index (χ0) is 18.6. The summed E-state index contributed by atoms with van der Waals surface area (Å²) in [4.78, 5) is 14.1. The maximum absolute atomic E-state index is 12.2. The Morgan fingerprint density at radius 3 is 2.56 bits per heavy atom. The van der Waals surface area contributed by atoms with Gasteiger partial charge in [0, 0.05) is 17.1 Å². The summed E-state index contributed by atoms with van der Waals surface area (Å²) in [7, 11) is 1.63. The van der Waals surface area contributed by atoms with Crippen molar-refractivity contribution in [1.29, 1.82) is 0 Å². The minimum Gasteiger partial charge on any atom is -0.497 e. The second-order valence-corrected chi connectivity index (χ2v) is 6.16. The van der Waals surface area contributed by atoms with Gasteiger partial charge in [-0.05, 0) is 29.8 Å². The molecule has 5 nitrogen and oxygen atoms in total. The van der Waals surface area contributed by atoms with Gasteiger partial charge in [0.15, 0.2) is 5.82 Å². The topological polar surface area (TPSA) is 58.2 Å². The zero-order valence-electron chi connectivity index (χ0n) is 14.9. The molecule has 0 spiro atoms. The van der Waals surface area contributed by atoms with Crippen LogP contribution in [0.4, 0.5) is 11.5 Å². The monoisotopic (exact) mass is 357 g/mol. The van der Waals surface area contributed by atoms with E-state index in [-0.39, 0.29) is 0 Å². The molecule has 1 atom stereocenters. The van der Waals surface area contributed by atoms with Crippen LogP contribution in [0.15, 0.2) is 78.9 Å². The lowest BCUT2D eigenvalue weighted by atomic mass is 10.0. The maximum atomic E-state index is 12.2. The van der Waals surface area contributed by atoms with Crippen LogP contribution in [0.3, 0.4) is 0 Å². The molecule has 0 fully saturated rings. The highest BCUT2D eigenvalue weighted by Gasteiger charge is 2.26. The van der Waals surface area contributed by atoms with E-state index in [4.69, 9.17) is 4.74 Å². The predicted molar refractivity (Wildman–Crippen MR) is 106 cm³/mol. The fraction of sp³-hybridized carbons (Fsp3) is 0.0909. The number of aldehydes is 1. The molecular weight excluding hydrogens is 338 g/mol. The first-order chi connectivity index (χ1) is 13.3. The number of ether oxygens (including phenoxy) is 1. The van der Waals surface area contributed by atoms with Crippen molar-refractivity contribution in [3.05, 3.63) is 84.4 Å². The van der Waals surface area contributed by atoms with Crippen molar-refractivity contribution in [3.63, 3.8) is 0 Å². The molecular formula is C22H19N3O2. The van der Waals surface area contributed by atoms with Gasteiger partial charge in [0.05, 0.1) is 12.6 Å². The molecule has 0 aliphatic heterocycles. The van der Waals surface area contributed by atoms with E-state index < -0.39 is 6.04 Å². The summed E-state index contributed by atoms with van der Waals surface area (Å²) in [5, 5.41) is 8.53. The molecule has 4 aromatic rings. The molecule has 0 aliphatic carbocycles. The van der Waals surface area contributed by atoms with Crippen LogP contribution in [0.25, 0.3) is 10.9 Å². The Morgan fingerprint density at radius 2 is 1.78 bits per heavy atom. The molecule has 3 aromatic carbocycles. The Labute approximate surface area is 157 Å². The standard InChI is InChI=1S/C22H19N3O2/c1-27-18-11-7-10-17(14-18)25(21(15-26)16-8-3-2-4-9-16)22-19-12-5-6-13-20(19)23-24-22/h2-15,21H,1H3,(H,23,24). The normalized spacial score (nSPS) is 11.9. The van der Waals surface area contributed by atoms with Gasteiger partial charge in [-0.2, -0.15) is 5.10 Å². The van der Waals surface area contributed by atoms with Crippen molar-refractivity contribution in [2.45, 2.75) is 6.04 Å². The summed E-state index contributed by atoms with van der Waals surface area (Å²) in [5.74, 6) is 1.41. The lowest BCUT2D eigenvalue weighted by Gasteiger charge is -2.29. The molecule has 1 heterocycles. The van der Waals surface area contributed by atoms with Crippen LogP contribution in [-0.2, 0) is 4.79 Å². The van der Waals surface area contributed by atoms with Crippen molar-refractivity contribution in [2.75, 3.05) is 12.0 Å². The van der Waals surface area contributed by atoms with Crippen LogP contribution in [0, 0.1) is 0 Å². The van der Waals surface area contributed by atoms with Crippen molar-refractivity contribution in [1.82, 2.24) is 10.2 Å². The molecule has 0 aliphatic rings. The van der Waals surface area contributed by atoms with Gasteiger partial charge < -0.3 is 14.4 Å². The second kappa shape index (κ2) is 7.33. The van der Waals surface area contributed by atoms with Crippen molar-refractivity contribution in [3.8, 4) is 5.75 Å². The van der Waals surface area contributed by atoms with E-state index in [0.29, 0.717) is 5.82 Å². The largest absolute Gasteiger partial charge is 0.497 e. The molecule has 27 heavy (non-hydrogen) atoms. The number of anilines is 2. The number of para-hydroxylation sites is 1. The Bertz CT molecular complexity index is 1060. The number of methoxy groups -OCH3 is 1.